The number of ether oxygens (including phenoxy) is 12. The first-order chi connectivity index (χ1) is 45.0. The Morgan fingerprint density at radius 3 is 0.908 bits per heavy atom. The standard InChI is InChI=1S/C39H66N4O49S6/c40-2-1-3-78-37-25(90-96(69,70)71)17(51)22(28(87-37)31(54)55)85-35-11(42-94(63,64)65)15(49)20(8(5-45)80-35)83-39-27(92-98(75,76)77)19(53)24(30(89-39)33(58)59)86-36-12(43-95(66,67)68)16(50)21(9(6-46)81-36)82-38-26(91-97(72,73)74)18(52)23(29(88-38)32(56)57)84-34-10(41-93(60,61)62)14(48)13(47)7(4-44)79-34/h7-30,34-39,41-53H,1-6,40H2,(H,54,55)(H,56,57)(H,58,59)(H,60,61,62)(H,63,64,65)(H,66,67,68)(H,69,70,71)(H,72,73,74)(H,75,76,77)/t7-,8-,9-,10-,11-,12-,13-,14-,15-,16-,17+,18+,19+,20-,21-,22+,23+,24+,25-,26-,27-,28-,29-,30+,34-,35-,36-,37-,38-,39-/m1/s1. The van der Waals surface area contributed by atoms with E-state index in [9.17, 15) is 159 Å². The molecule has 6 aliphatic heterocycles. The van der Waals surface area contributed by atoms with E-state index in [2.05, 4.69) is 12.5 Å². The maximum absolute atomic E-state index is 13.1. The van der Waals surface area contributed by atoms with Gasteiger partial charge in [-0.15, -0.1) is 0 Å². The highest BCUT2D eigenvalue weighted by Gasteiger charge is 2.62. The number of aliphatic hydroxyl groups excluding tert-OH is 10. The molecule has 0 saturated carbocycles. The molecule has 6 rings (SSSR count). The van der Waals surface area contributed by atoms with Crippen molar-refractivity contribution < 1.29 is 228 Å². The summed E-state index contributed by atoms with van der Waals surface area (Å²) in [5.41, 5.74) is 5.40. The maximum Gasteiger partial charge on any atom is 0.397 e. The molecule has 0 aromatic heterocycles. The minimum atomic E-state index is -6.12. The molecule has 0 bridgehead atoms. The molecule has 98 heavy (non-hydrogen) atoms. The molecule has 0 spiro atoms. The molecule has 6 saturated heterocycles. The van der Waals surface area contributed by atoms with Crippen LogP contribution in [0.4, 0.5) is 0 Å². The summed E-state index contributed by atoms with van der Waals surface area (Å²) >= 11 is 0. The first-order valence-corrected chi connectivity index (χ1v) is 35.4. The van der Waals surface area contributed by atoms with Gasteiger partial charge in [-0.05, 0) is 13.0 Å². The summed E-state index contributed by atoms with van der Waals surface area (Å²) in [5, 5.41) is 141. The number of aliphatic carboxylic acids is 3. The van der Waals surface area contributed by atoms with Crippen molar-refractivity contribution in [1.29, 1.82) is 0 Å². The highest BCUT2D eigenvalue weighted by Crippen LogP contribution is 2.39. The fourth-order valence-electron chi connectivity index (χ4n) is 10.5. The number of hydrogen-bond acceptors (Lipinski definition) is 41. The van der Waals surface area contributed by atoms with Gasteiger partial charge in [-0.2, -0.15) is 64.7 Å². The fraction of sp³-hybridized carbons (Fsp3) is 0.923. The Hall–Kier alpha value is -3.29. The number of nitrogens with two attached hydrogens (primary N) is 1. The molecule has 0 radical (unpaired) electrons. The van der Waals surface area contributed by atoms with Crippen molar-refractivity contribution in [3.8, 4) is 0 Å². The molecular weight excluding hydrogens is 1500 g/mol. The zero-order valence-electron chi connectivity index (χ0n) is 48.3. The quantitative estimate of drug-likeness (QED) is 0.0220. The minimum absolute atomic E-state index is 0.0383. The molecule has 0 amide bonds. The van der Waals surface area contributed by atoms with Crippen LogP contribution >= 0.6 is 0 Å². The zero-order valence-corrected chi connectivity index (χ0v) is 53.2. The first-order valence-electron chi connectivity index (χ1n) is 27.0. The lowest BCUT2D eigenvalue weighted by Crippen LogP contribution is -2.71. The second-order valence-electron chi connectivity index (χ2n) is 21.2. The summed E-state index contributed by atoms with van der Waals surface area (Å²) < 4.78 is 287. The lowest BCUT2D eigenvalue weighted by Gasteiger charge is -2.50. The molecule has 0 unspecified atom stereocenters. The molecule has 6 aliphatic rings. The summed E-state index contributed by atoms with van der Waals surface area (Å²) in [5.74, 6) is -6.83. The lowest BCUT2D eigenvalue weighted by molar-refractivity contribution is -0.376. The zero-order chi connectivity index (χ0) is 74.0. The Morgan fingerprint density at radius 2 is 0.633 bits per heavy atom. The van der Waals surface area contributed by atoms with Gasteiger partial charge >= 0.3 is 80.0 Å². The van der Waals surface area contributed by atoms with E-state index in [1.54, 1.807) is 0 Å². The fourth-order valence-corrected chi connectivity index (χ4v) is 13.7. The van der Waals surface area contributed by atoms with Crippen molar-refractivity contribution in [2.45, 2.75) is 190 Å². The van der Waals surface area contributed by atoms with Gasteiger partial charge in [0.25, 0.3) is 0 Å². The Kier molecular flexibility index (Phi) is 28.4. The van der Waals surface area contributed by atoms with Gasteiger partial charge in [0.15, 0.2) is 74.4 Å². The van der Waals surface area contributed by atoms with Crippen LogP contribution in [0, 0.1) is 0 Å². The van der Waals surface area contributed by atoms with Gasteiger partial charge in [-0.25, -0.2) is 26.9 Å². The second-order valence-corrected chi connectivity index (χ2v) is 27.9. The number of hydrogen-bond donors (Lipinski definition) is 23. The summed E-state index contributed by atoms with van der Waals surface area (Å²) in [7, 11) is -34.9. The number of carboxylic acid groups (broad SMARTS) is 3. The van der Waals surface area contributed by atoms with Gasteiger partial charge in [0, 0.05) is 0 Å². The molecule has 24 N–H and O–H groups in total. The normalized spacial score (nSPS) is 41.1. The third-order valence-electron chi connectivity index (χ3n) is 14.5. The van der Waals surface area contributed by atoms with Gasteiger partial charge in [-0.1, -0.05) is 0 Å². The van der Waals surface area contributed by atoms with Gasteiger partial charge in [0.2, 0.25) is 0 Å². The molecule has 59 heteroatoms. The van der Waals surface area contributed by atoms with Crippen LogP contribution in [0.1, 0.15) is 6.42 Å². The van der Waals surface area contributed by atoms with Crippen molar-refractivity contribution in [2.24, 2.45) is 5.73 Å². The first kappa shape index (κ1) is 83.7. The van der Waals surface area contributed by atoms with Crippen LogP contribution < -0.4 is 19.9 Å². The average molecular weight is 1570 g/mol. The van der Waals surface area contributed by atoms with Crippen molar-refractivity contribution in [3.63, 3.8) is 0 Å². The van der Waals surface area contributed by atoms with Crippen LogP contribution in [0.25, 0.3) is 0 Å². The van der Waals surface area contributed by atoms with E-state index in [0.29, 0.717) is 0 Å². The van der Waals surface area contributed by atoms with E-state index in [0.717, 1.165) is 0 Å². The van der Waals surface area contributed by atoms with Gasteiger partial charge < -0.3 is 129 Å². The van der Waals surface area contributed by atoms with Crippen LogP contribution in [0.2, 0.25) is 0 Å². The number of carboxylic acids is 3. The molecule has 6 heterocycles. The summed E-state index contributed by atoms with van der Waals surface area (Å²) in [6.07, 6.45) is -73.9. The minimum Gasteiger partial charge on any atom is -0.479 e. The van der Waals surface area contributed by atoms with Crippen molar-refractivity contribution in [1.82, 2.24) is 14.2 Å². The van der Waals surface area contributed by atoms with Gasteiger partial charge in [0.05, 0.1) is 26.4 Å². The third kappa shape index (κ3) is 21.7. The number of aliphatic hydroxyl groups is 10. The largest absolute Gasteiger partial charge is 0.479 e. The predicted octanol–water partition coefficient (Wildman–Crippen LogP) is -15.8. The Morgan fingerprint density at radius 1 is 0.357 bits per heavy atom. The summed E-state index contributed by atoms with van der Waals surface area (Å²) in [4.78, 5) is 38.4. The molecule has 0 aromatic carbocycles. The molecule has 6 fully saturated rings. The van der Waals surface area contributed by atoms with E-state index in [-0.39, 0.29) is 13.0 Å². The molecular formula is C39H66N4O49S6. The molecule has 30 atom stereocenters. The second kappa shape index (κ2) is 33.2. The average Bonchev–Trinajstić information content (AvgIpc) is 0.766. The van der Waals surface area contributed by atoms with Crippen molar-refractivity contribution in [2.75, 3.05) is 33.0 Å². The van der Waals surface area contributed by atoms with Crippen molar-refractivity contribution >= 4 is 80.0 Å². The smallest absolute Gasteiger partial charge is 0.397 e. The van der Waals surface area contributed by atoms with Crippen LogP contribution in [0.15, 0.2) is 0 Å². The van der Waals surface area contributed by atoms with Gasteiger partial charge in [0.1, 0.15) is 110 Å². The van der Waals surface area contributed by atoms with E-state index in [4.69, 9.17) is 62.6 Å². The number of rotatable bonds is 32. The summed E-state index contributed by atoms with van der Waals surface area (Å²) in [6, 6.07) is -8.08. The van der Waals surface area contributed by atoms with E-state index in [1.807, 2.05) is 0 Å². The predicted molar refractivity (Wildman–Crippen MR) is 287 cm³/mol. The SMILES string of the molecule is NCCCO[C@@H]1O[C@@H](C(=O)O)[C@@H](O[C@H]2O[C@H](CO)[C@@H](O[C@@H]3O[C@H](C(=O)O)[C@@H](O[C@H]4O[C@H](CO)[C@@H](O[C@@H]5O[C@@H](C(=O)O)[C@@H](O[C@H]6O[C@H](CO)[C@@H](O)[C@H](O)[C@H]6NS(=O)(=O)O)[C@H](O)[C@H]5OS(=O)(=O)O)[C@H](O)[C@H]4NS(=O)(=O)O)[C@H](O)[C@H]3OS(=O)(=O)O)[C@H](O)[C@H]2NS(=O)(=O)O)[C@H](O)[C@H]1OS(=O)(=O)O. The third-order valence-corrected chi connectivity index (χ3v) is 17.6. The monoisotopic (exact) mass is 1570 g/mol. The number of nitrogens with one attached hydrogen (secondary N) is 3. The summed E-state index contributed by atoms with van der Waals surface area (Å²) in [6.45, 7) is -5.04. The lowest BCUT2D eigenvalue weighted by atomic mass is 9.94. The van der Waals surface area contributed by atoms with Crippen LogP contribution in [0.3, 0.4) is 0 Å². The van der Waals surface area contributed by atoms with E-state index in [1.165, 1.54) is 14.2 Å². The van der Waals surface area contributed by atoms with Crippen molar-refractivity contribution in [3.05, 3.63) is 0 Å². The Bertz CT molecular complexity index is 3440. The van der Waals surface area contributed by atoms with Gasteiger partial charge in [-0.3, -0.25) is 27.3 Å². The molecule has 0 aliphatic carbocycles. The van der Waals surface area contributed by atoms with Crippen LogP contribution in [0.5, 0.6) is 0 Å². The molecule has 0 aromatic rings. The highest BCUT2D eigenvalue weighted by molar-refractivity contribution is 7.84. The number of carbonyl (C=O) groups is 3. The van der Waals surface area contributed by atoms with Crippen LogP contribution in [-0.2, 0) is 146 Å². The molecule has 53 nitrogen and oxygen atoms in total. The Balaban J connectivity index is 1.32. The maximum atomic E-state index is 13.1. The topological polar surface area (TPSA) is 841 Å². The van der Waals surface area contributed by atoms with E-state index >= 15 is 0 Å². The van der Waals surface area contributed by atoms with Crippen LogP contribution in [-0.4, -0.2) is 379 Å². The Labute approximate surface area is 549 Å². The molecule has 572 valence electrons. The highest BCUT2D eigenvalue weighted by atomic mass is 32.3. The van der Waals surface area contributed by atoms with E-state index < -0.39 is 290 Å².